The second kappa shape index (κ2) is 6.72. The molecule has 1 aromatic carbocycles. The van der Waals surface area contributed by atoms with Crippen LogP contribution in [0.2, 0.25) is 0 Å². The number of halogens is 1. The highest BCUT2D eigenvalue weighted by Crippen LogP contribution is 2.34. The topological polar surface area (TPSA) is 57.4 Å². The Bertz CT molecular complexity index is 573. The number of methoxy groups -OCH3 is 2. The third-order valence-electron chi connectivity index (χ3n) is 3.05. The van der Waals surface area contributed by atoms with Crippen molar-refractivity contribution in [2.45, 2.75) is 12.5 Å². The molecule has 2 rings (SSSR count). The molecule has 0 fully saturated rings. The van der Waals surface area contributed by atoms with Crippen molar-refractivity contribution in [1.29, 1.82) is 0 Å². The second-order valence-corrected chi connectivity index (χ2v) is 5.28. The van der Waals surface area contributed by atoms with Crippen molar-refractivity contribution < 1.29 is 9.47 Å². The first-order valence-corrected chi connectivity index (χ1v) is 7.02. The number of hydrogen-bond acceptors (Lipinski definition) is 4. The molecule has 0 saturated carbocycles. The van der Waals surface area contributed by atoms with Crippen LogP contribution in [-0.2, 0) is 6.42 Å². The van der Waals surface area contributed by atoms with E-state index in [1.54, 1.807) is 20.4 Å². The molecule has 1 heterocycles. The fraction of sp³-hybridized carbons (Fsp3) is 0.267. The number of benzene rings is 1. The van der Waals surface area contributed by atoms with Gasteiger partial charge >= 0.3 is 0 Å². The lowest BCUT2D eigenvalue weighted by molar-refractivity contribution is 0.349. The van der Waals surface area contributed by atoms with Crippen molar-refractivity contribution in [3.05, 3.63) is 52.3 Å². The molecule has 106 valence electrons. The minimum absolute atomic E-state index is 0.200. The summed E-state index contributed by atoms with van der Waals surface area (Å²) >= 11 is 3.37. The molecule has 4 nitrogen and oxygen atoms in total. The van der Waals surface area contributed by atoms with Crippen LogP contribution in [0.25, 0.3) is 0 Å². The molecule has 2 aromatic rings. The van der Waals surface area contributed by atoms with E-state index < -0.39 is 0 Å². The van der Waals surface area contributed by atoms with Crippen LogP contribution in [0.5, 0.6) is 11.5 Å². The Labute approximate surface area is 127 Å². The fourth-order valence-electron chi connectivity index (χ4n) is 2.07. The number of pyridine rings is 1. The summed E-state index contributed by atoms with van der Waals surface area (Å²) in [7, 11) is 3.23. The van der Waals surface area contributed by atoms with Crippen molar-refractivity contribution in [3.8, 4) is 11.5 Å². The summed E-state index contributed by atoms with van der Waals surface area (Å²) in [6.45, 7) is 0. The van der Waals surface area contributed by atoms with E-state index in [9.17, 15) is 0 Å². The van der Waals surface area contributed by atoms with Gasteiger partial charge in [-0.25, -0.2) is 0 Å². The lowest BCUT2D eigenvalue weighted by Gasteiger charge is -2.17. The molecule has 0 amide bonds. The second-order valence-electron chi connectivity index (χ2n) is 4.36. The number of aromatic nitrogens is 1. The molecule has 0 radical (unpaired) electrons. The van der Waals surface area contributed by atoms with E-state index in [4.69, 9.17) is 15.2 Å². The monoisotopic (exact) mass is 336 g/mol. The van der Waals surface area contributed by atoms with E-state index in [2.05, 4.69) is 20.9 Å². The molecule has 0 bridgehead atoms. The number of ether oxygens (including phenoxy) is 2. The molecule has 0 spiro atoms. The SMILES string of the molecule is COc1cccc(C(N)Cc2ccc(Br)cn2)c1OC. The van der Waals surface area contributed by atoms with Crippen LogP contribution in [0.4, 0.5) is 0 Å². The molecule has 0 saturated heterocycles. The minimum Gasteiger partial charge on any atom is -0.493 e. The molecule has 0 aliphatic heterocycles. The van der Waals surface area contributed by atoms with Gasteiger partial charge in [0.05, 0.1) is 14.2 Å². The molecule has 1 aromatic heterocycles. The van der Waals surface area contributed by atoms with Crippen molar-refractivity contribution >= 4 is 15.9 Å². The van der Waals surface area contributed by atoms with E-state index in [1.807, 2.05) is 30.3 Å². The van der Waals surface area contributed by atoms with Gasteiger partial charge in [-0.2, -0.15) is 0 Å². The van der Waals surface area contributed by atoms with Crippen LogP contribution < -0.4 is 15.2 Å². The number of para-hydroxylation sites is 1. The lowest BCUT2D eigenvalue weighted by Crippen LogP contribution is -2.15. The summed E-state index contributed by atoms with van der Waals surface area (Å²) < 4.78 is 11.7. The van der Waals surface area contributed by atoms with E-state index in [-0.39, 0.29) is 6.04 Å². The van der Waals surface area contributed by atoms with Crippen molar-refractivity contribution in [2.75, 3.05) is 14.2 Å². The van der Waals surface area contributed by atoms with E-state index in [0.29, 0.717) is 17.9 Å². The van der Waals surface area contributed by atoms with E-state index in [0.717, 1.165) is 15.7 Å². The van der Waals surface area contributed by atoms with E-state index in [1.165, 1.54) is 0 Å². The Morgan fingerprint density at radius 2 is 2.00 bits per heavy atom. The third kappa shape index (κ3) is 3.29. The normalized spacial score (nSPS) is 12.0. The average Bonchev–Trinajstić information content (AvgIpc) is 2.48. The van der Waals surface area contributed by atoms with Gasteiger partial charge in [-0.15, -0.1) is 0 Å². The average molecular weight is 337 g/mol. The number of nitrogens with zero attached hydrogens (tertiary/aromatic N) is 1. The molecule has 0 aliphatic carbocycles. The standard InChI is InChI=1S/C15H17BrN2O2/c1-19-14-5-3-4-12(15(14)20-2)13(17)8-11-7-6-10(16)9-18-11/h3-7,9,13H,8,17H2,1-2H3. The zero-order valence-electron chi connectivity index (χ0n) is 11.5. The lowest BCUT2D eigenvalue weighted by atomic mass is 10.0. The van der Waals surface area contributed by atoms with Crippen LogP contribution in [0, 0.1) is 0 Å². The predicted molar refractivity (Wildman–Crippen MR) is 82.1 cm³/mol. The quantitative estimate of drug-likeness (QED) is 0.911. The Morgan fingerprint density at radius 1 is 1.20 bits per heavy atom. The minimum atomic E-state index is -0.200. The predicted octanol–water partition coefficient (Wildman–Crippen LogP) is 3.10. The molecule has 2 N–H and O–H groups in total. The largest absolute Gasteiger partial charge is 0.493 e. The van der Waals surface area contributed by atoms with Gasteiger partial charge in [0.1, 0.15) is 0 Å². The first-order chi connectivity index (χ1) is 9.65. The molecule has 0 aliphatic rings. The zero-order chi connectivity index (χ0) is 14.5. The van der Waals surface area contributed by atoms with Gasteiger partial charge in [-0.1, -0.05) is 12.1 Å². The van der Waals surface area contributed by atoms with Crippen LogP contribution >= 0.6 is 15.9 Å². The summed E-state index contributed by atoms with van der Waals surface area (Å²) in [5.74, 6) is 1.36. The summed E-state index contributed by atoms with van der Waals surface area (Å²) in [6.07, 6.45) is 2.40. The van der Waals surface area contributed by atoms with Gasteiger partial charge in [0, 0.05) is 34.4 Å². The van der Waals surface area contributed by atoms with Crippen LogP contribution in [-0.4, -0.2) is 19.2 Å². The Hall–Kier alpha value is -1.59. The molecule has 20 heavy (non-hydrogen) atoms. The molecule has 1 atom stereocenters. The van der Waals surface area contributed by atoms with Gasteiger partial charge in [0.2, 0.25) is 0 Å². The first-order valence-electron chi connectivity index (χ1n) is 6.22. The van der Waals surface area contributed by atoms with Crippen LogP contribution in [0.3, 0.4) is 0 Å². The molecule has 5 heteroatoms. The molecular formula is C15H17BrN2O2. The van der Waals surface area contributed by atoms with Gasteiger partial charge in [0.25, 0.3) is 0 Å². The fourth-order valence-corrected chi connectivity index (χ4v) is 2.30. The maximum Gasteiger partial charge on any atom is 0.165 e. The summed E-state index contributed by atoms with van der Waals surface area (Å²) in [5.41, 5.74) is 8.13. The molecular weight excluding hydrogens is 320 g/mol. The molecule has 1 unspecified atom stereocenters. The van der Waals surface area contributed by atoms with Crippen LogP contribution in [0.1, 0.15) is 17.3 Å². The first kappa shape index (κ1) is 14.8. The van der Waals surface area contributed by atoms with Crippen molar-refractivity contribution in [3.63, 3.8) is 0 Å². The smallest absolute Gasteiger partial charge is 0.165 e. The van der Waals surface area contributed by atoms with Gasteiger partial charge in [0.15, 0.2) is 11.5 Å². The number of nitrogens with two attached hydrogens (primary N) is 1. The van der Waals surface area contributed by atoms with Crippen molar-refractivity contribution in [2.24, 2.45) is 5.73 Å². The Kier molecular flexibility index (Phi) is 4.98. The summed E-state index contributed by atoms with van der Waals surface area (Å²) in [5, 5.41) is 0. The summed E-state index contributed by atoms with van der Waals surface area (Å²) in [4.78, 5) is 4.34. The maximum absolute atomic E-state index is 6.28. The highest BCUT2D eigenvalue weighted by molar-refractivity contribution is 9.10. The van der Waals surface area contributed by atoms with Gasteiger partial charge in [-0.05, 0) is 34.1 Å². The van der Waals surface area contributed by atoms with Crippen LogP contribution in [0.15, 0.2) is 41.0 Å². The number of hydrogen-bond donors (Lipinski definition) is 1. The third-order valence-corrected chi connectivity index (χ3v) is 3.52. The Morgan fingerprint density at radius 3 is 2.60 bits per heavy atom. The number of rotatable bonds is 5. The highest BCUT2D eigenvalue weighted by Gasteiger charge is 2.16. The maximum atomic E-state index is 6.28. The van der Waals surface area contributed by atoms with Gasteiger partial charge < -0.3 is 15.2 Å². The van der Waals surface area contributed by atoms with Crippen molar-refractivity contribution in [1.82, 2.24) is 4.98 Å². The summed E-state index contributed by atoms with van der Waals surface area (Å²) in [6, 6.07) is 9.42. The Balaban J connectivity index is 2.24. The zero-order valence-corrected chi connectivity index (χ0v) is 13.1. The van der Waals surface area contributed by atoms with Gasteiger partial charge in [-0.3, -0.25) is 4.98 Å². The highest BCUT2D eigenvalue weighted by atomic mass is 79.9. The van der Waals surface area contributed by atoms with E-state index >= 15 is 0 Å².